The molecule has 0 radical (unpaired) electrons. The molecule has 4 heteroatoms. The zero-order chi connectivity index (χ0) is 12.4. The van der Waals surface area contributed by atoms with Gasteiger partial charge in [0.05, 0.1) is 11.0 Å². The molecule has 0 aliphatic heterocycles. The Labute approximate surface area is 99.9 Å². The quantitative estimate of drug-likeness (QED) is 0.880. The number of imidazole rings is 1. The standard InChI is InChI=1S/C13H16N2O2/c1-3-15-9(2)14-11-8-10(4-6-12(11)15)5-7-13(16)17/h4,6,8H,3,5,7H2,1-2H3,(H,16,17). The van der Waals surface area contributed by atoms with Crippen LogP contribution in [0.15, 0.2) is 18.2 Å². The first-order chi connectivity index (χ1) is 8.11. The Balaban J connectivity index is 2.35. The van der Waals surface area contributed by atoms with Crippen molar-refractivity contribution in [2.24, 2.45) is 0 Å². The van der Waals surface area contributed by atoms with Crippen molar-refractivity contribution in [2.45, 2.75) is 33.2 Å². The monoisotopic (exact) mass is 232 g/mol. The number of fused-ring (bicyclic) bond motifs is 1. The highest BCUT2D eigenvalue weighted by atomic mass is 16.4. The van der Waals surface area contributed by atoms with E-state index in [0.717, 1.165) is 29.0 Å². The molecule has 0 aliphatic carbocycles. The number of rotatable bonds is 4. The molecule has 2 aromatic rings. The summed E-state index contributed by atoms with van der Waals surface area (Å²) >= 11 is 0. The van der Waals surface area contributed by atoms with Crippen molar-refractivity contribution in [3.63, 3.8) is 0 Å². The van der Waals surface area contributed by atoms with E-state index in [0.29, 0.717) is 6.42 Å². The number of benzene rings is 1. The van der Waals surface area contributed by atoms with Gasteiger partial charge >= 0.3 is 5.97 Å². The maximum Gasteiger partial charge on any atom is 0.303 e. The highest BCUT2D eigenvalue weighted by molar-refractivity contribution is 5.77. The fourth-order valence-corrected chi connectivity index (χ4v) is 2.10. The Hall–Kier alpha value is -1.84. The van der Waals surface area contributed by atoms with Crippen LogP contribution in [-0.2, 0) is 17.8 Å². The van der Waals surface area contributed by atoms with Crippen molar-refractivity contribution in [3.05, 3.63) is 29.6 Å². The zero-order valence-corrected chi connectivity index (χ0v) is 10.1. The fraction of sp³-hybridized carbons (Fsp3) is 0.385. The summed E-state index contributed by atoms with van der Waals surface area (Å²) in [7, 11) is 0. The summed E-state index contributed by atoms with van der Waals surface area (Å²) in [6.45, 7) is 4.98. The molecule has 0 saturated carbocycles. The third-order valence-electron chi connectivity index (χ3n) is 2.95. The van der Waals surface area contributed by atoms with Crippen LogP contribution in [0, 0.1) is 6.92 Å². The summed E-state index contributed by atoms with van der Waals surface area (Å²) in [5, 5.41) is 8.65. The predicted octanol–water partition coefficient (Wildman–Crippen LogP) is 2.38. The topological polar surface area (TPSA) is 55.1 Å². The Morgan fingerprint density at radius 3 is 2.88 bits per heavy atom. The molecule has 17 heavy (non-hydrogen) atoms. The Morgan fingerprint density at radius 1 is 1.47 bits per heavy atom. The molecule has 0 bridgehead atoms. The van der Waals surface area contributed by atoms with Crippen LogP contribution in [0.4, 0.5) is 0 Å². The molecule has 0 spiro atoms. The number of aliphatic carboxylic acids is 1. The van der Waals surface area contributed by atoms with Gasteiger partial charge in [-0.3, -0.25) is 4.79 Å². The van der Waals surface area contributed by atoms with Crippen molar-refractivity contribution in [3.8, 4) is 0 Å². The largest absolute Gasteiger partial charge is 0.481 e. The molecular formula is C13H16N2O2. The number of aryl methyl sites for hydroxylation is 3. The summed E-state index contributed by atoms with van der Waals surface area (Å²) in [6.07, 6.45) is 0.724. The van der Waals surface area contributed by atoms with Crippen molar-refractivity contribution < 1.29 is 9.90 Å². The molecule has 0 fully saturated rings. The van der Waals surface area contributed by atoms with Crippen molar-refractivity contribution >= 4 is 17.0 Å². The maximum absolute atomic E-state index is 10.5. The molecular weight excluding hydrogens is 216 g/mol. The second kappa shape index (κ2) is 4.57. The summed E-state index contributed by atoms with van der Waals surface area (Å²) < 4.78 is 2.15. The normalized spacial score (nSPS) is 10.9. The number of carboxylic acid groups (broad SMARTS) is 1. The number of hydrogen-bond acceptors (Lipinski definition) is 2. The molecule has 1 N–H and O–H groups in total. The van der Waals surface area contributed by atoms with E-state index in [2.05, 4.69) is 16.5 Å². The lowest BCUT2D eigenvalue weighted by Crippen LogP contribution is -1.98. The molecule has 4 nitrogen and oxygen atoms in total. The summed E-state index contributed by atoms with van der Waals surface area (Å²) in [5.74, 6) is 0.234. The first-order valence-corrected chi connectivity index (χ1v) is 5.79. The van der Waals surface area contributed by atoms with E-state index in [4.69, 9.17) is 5.11 Å². The van der Waals surface area contributed by atoms with Gasteiger partial charge in [0.15, 0.2) is 0 Å². The van der Waals surface area contributed by atoms with Gasteiger partial charge in [-0.05, 0) is 38.0 Å². The predicted molar refractivity (Wildman–Crippen MR) is 66.1 cm³/mol. The minimum absolute atomic E-state index is 0.166. The van der Waals surface area contributed by atoms with E-state index in [1.807, 2.05) is 25.1 Å². The molecule has 1 aromatic heterocycles. The molecule has 0 saturated heterocycles. The van der Waals surface area contributed by atoms with Crippen molar-refractivity contribution in [2.75, 3.05) is 0 Å². The number of carboxylic acids is 1. The van der Waals surface area contributed by atoms with E-state index >= 15 is 0 Å². The average molecular weight is 232 g/mol. The first-order valence-electron chi connectivity index (χ1n) is 5.79. The zero-order valence-electron chi connectivity index (χ0n) is 10.1. The van der Waals surface area contributed by atoms with Gasteiger partial charge in [-0.15, -0.1) is 0 Å². The summed E-state index contributed by atoms with van der Waals surface area (Å²) in [6, 6.07) is 5.99. The molecule has 0 amide bonds. The highest BCUT2D eigenvalue weighted by Gasteiger charge is 2.07. The number of carbonyl (C=O) groups is 1. The van der Waals surface area contributed by atoms with Gasteiger partial charge in [0.1, 0.15) is 5.82 Å². The number of aromatic nitrogens is 2. The van der Waals surface area contributed by atoms with Gasteiger partial charge in [-0.25, -0.2) is 4.98 Å². The number of hydrogen-bond donors (Lipinski definition) is 1. The van der Waals surface area contributed by atoms with Crippen LogP contribution < -0.4 is 0 Å². The van der Waals surface area contributed by atoms with Crippen LogP contribution in [0.2, 0.25) is 0 Å². The smallest absolute Gasteiger partial charge is 0.303 e. The van der Waals surface area contributed by atoms with Crippen LogP contribution in [0.5, 0.6) is 0 Å². The fourth-order valence-electron chi connectivity index (χ4n) is 2.10. The summed E-state index contributed by atoms with van der Waals surface area (Å²) in [4.78, 5) is 15.0. The Kier molecular flexibility index (Phi) is 3.13. The maximum atomic E-state index is 10.5. The van der Waals surface area contributed by atoms with Gasteiger partial charge in [0.2, 0.25) is 0 Å². The van der Waals surface area contributed by atoms with Gasteiger partial charge in [0.25, 0.3) is 0 Å². The Bertz CT molecular complexity index is 558. The lowest BCUT2D eigenvalue weighted by Gasteiger charge is -2.02. The molecule has 1 heterocycles. The van der Waals surface area contributed by atoms with E-state index in [-0.39, 0.29) is 6.42 Å². The number of nitrogens with zero attached hydrogens (tertiary/aromatic N) is 2. The van der Waals surface area contributed by atoms with Crippen LogP contribution in [-0.4, -0.2) is 20.6 Å². The second-order valence-electron chi connectivity index (χ2n) is 4.12. The lowest BCUT2D eigenvalue weighted by atomic mass is 10.1. The van der Waals surface area contributed by atoms with E-state index in [9.17, 15) is 4.79 Å². The lowest BCUT2D eigenvalue weighted by molar-refractivity contribution is -0.136. The van der Waals surface area contributed by atoms with Gasteiger partial charge < -0.3 is 9.67 Å². The van der Waals surface area contributed by atoms with Gasteiger partial charge in [-0.2, -0.15) is 0 Å². The van der Waals surface area contributed by atoms with Crippen LogP contribution in [0.25, 0.3) is 11.0 Å². The molecule has 1 aromatic carbocycles. The van der Waals surface area contributed by atoms with Gasteiger partial charge in [0, 0.05) is 13.0 Å². The van der Waals surface area contributed by atoms with Crippen LogP contribution in [0.1, 0.15) is 24.7 Å². The minimum Gasteiger partial charge on any atom is -0.481 e. The highest BCUT2D eigenvalue weighted by Crippen LogP contribution is 2.18. The van der Waals surface area contributed by atoms with Crippen LogP contribution in [0.3, 0.4) is 0 Å². The van der Waals surface area contributed by atoms with Gasteiger partial charge in [-0.1, -0.05) is 6.07 Å². The first kappa shape index (κ1) is 11.6. The third-order valence-corrected chi connectivity index (χ3v) is 2.95. The van der Waals surface area contributed by atoms with Crippen molar-refractivity contribution in [1.29, 1.82) is 0 Å². The third kappa shape index (κ3) is 2.30. The van der Waals surface area contributed by atoms with Crippen LogP contribution >= 0.6 is 0 Å². The molecule has 0 atom stereocenters. The molecule has 2 rings (SSSR count). The second-order valence-corrected chi connectivity index (χ2v) is 4.12. The SMILES string of the molecule is CCn1c(C)nc2cc(CCC(=O)O)ccc21. The van der Waals surface area contributed by atoms with E-state index in [1.54, 1.807) is 0 Å². The average Bonchev–Trinajstić information content (AvgIpc) is 2.60. The molecule has 0 aliphatic rings. The summed E-state index contributed by atoms with van der Waals surface area (Å²) in [5.41, 5.74) is 3.09. The Morgan fingerprint density at radius 2 is 2.24 bits per heavy atom. The van der Waals surface area contributed by atoms with E-state index in [1.165, 1.54) is 0 Å². The van der Waals surface area contributed by atoms with Crippen molar-refractivity contribution in [1.82, 2.24) is 9.55 Å². The van der Waals surface area contributed by atoms with E-state index < -0.39 is 5.97 Å². The molecule has 0 unspecified atom stereocenters. The minimum atomic E-state index is -0.764. The molecule has 90 valence electrons.